The van der Waals surface area contributed by atoms with Crippen molar-refractivity contribution in [2.24, 2.45) is 0 Å². The van der Waals surface area contributed by atoms with Gasteiger partial charge in [-0.25, -0.2) is 4.39 Å². The molecule has 1 aromatic rings. The van der Waals surface area contributed by atoms with Crippen LogP contribution in [0.15, 0.2) is 18.2 Å². The summed E-state index contributed by atoms with van der Waals surface area (Å²) in [5.74, 6) is 0.559. The van der Waals surface area contributed by atoms with Crippen molar-refractivity contribution in [2.75, 3.05) is 7.11 Å². The molecule has 0 aliphatic carbocycles. The Bertz CT molecular complexity index is 299. The van der Waals surface area contributed by atoms with E-state index in [4.69, 9.17) is 4.74 Å². The third-order valence-corrected chi connectivity index (χ3v) is 2.11. The second-order valence-electron chi connectivity index (χ2n) is 3.18. The highest BCUT2D eigenvalue weighted by Gasteiger charge is 2.13. The van der Waals surface area contributed by atoms with Gasteiger partial charge in [0.05, 0.1) is 7.11 Å². The second kappa shape index (κ2) is 4.84. The molecule has 0 radical (unpaired) electrons. The van der Waals surface area contributed by atoms with Gasteiger partial charge in [-0.15, -0.1) is 0 Å². The quantitative estimate of drug-likeness (QED) is 0.804. The number of halogens is 1. The molecule has 14 heavy (non-hydrogen) atoms. The van der Waals surface area contributed by atoms with Crippen molar-refractivity contribution in [3.05, 3.63) is 23.8 Å². The highest BCUT2D eigenvalue weighted by molar-refractivity contribution is 5.40. The Morgan fingerprint density at radius 3 is 2.79 bits per heavy atom. The Morgan fingerprint density at radius 2 is 2.21 bits per heavy atom. The van der Waals surface area contributed by atoms with Crippen LogP contribution in [-0.2, 0) is 0 Å². The van der Waals surface area contributed by atoms with Crippen molar-refractivity contribution in [3.8, 4) is 11.5 Å². The lowest BCUT2D eigenvalue weighted by Gasteiger charge is -2.10. The molecule has 0 bridgehead atoms. The smallest absolute Gasteiger partial charge is 0.129 e. The molecule has 0 heterocycles. The van der Waals surface area contributed by atoms with Gasteiger partial charge in [-0.2, -0.15) is 0 Å². The number of hydrogen-bond donors (Lipinski definition) is 1. The van der Waals surface area contributed by atoms with Gasteiger partial charge in [-0.3, -0.25) is 0 Å². The van der Waals surface area contributed by atoms with E-state index in [9.17, 15) is 9.50 Å². The normalized spacial score (nSPS) is 12.5. The molecule has 1 aromatic carbocycles. The molecular weight excluding hydrogens is 183 g/mol. The first-order valence-electron chi connectivity index (χ1n) is 4.70. The predicted molar refractivity (Wildman–Crippen MR) is 53.4 cm³/mol. The molecule has 0 fully saturated rings. The van der Waals surface area contributed by atoms with Gasteiger partial charge in [0.2, 0.25) is 0 Å². The molecule has 78 valence electrons. The van der Waals surface area contributed by atoms with E-state index >= 15 is 0 Å². The fourth-order valence-electron chi connectivity index (χ4n) is 1.32. The number of benzene rings is 1. The highest BCUT2D eigenvalue weighted by atomic mass is 19.1. The van der Waals surface area contributed by atoms with Gasteiger partial charge < -0.3 is 9.84 Å². The number of alkyl halides is 1. The number of phenols is 1. The lowest BCUT2D eigenvalue weighted by Crippen LogP contribution is -1.93. The zero-order chi connectivity index (χ0) is 10.6. The van der Waals surface area contributed by atoms with Crippen molar-refractivity contribution in [1.29, 1.82) is 0 Å². The number of phenolic OH excluding ortho intramolecular Hbond substituents is 1. The molecule has 0 aliphatic heterocycles. The number of methoxy groups -OCH3 is 1. The molecule has 0 amide bonds. The standard InChI is InChI=1S/C11H15FO2/c1-3-4-10(12)9-7-8(14-2)5-6-11(9)13/h5-7,10,13H,3-4H2,1-2H3. The first-order chi connectivity index (χ1) is 6.69. The van der Waals surface area contributed by atoms with Crippen molar-refractivity contribution in [2.45, 2.75) is 25.9 Å². The van der Waals surface area contributed by atoms with Crippen LogP contribution < -0.4 is 4.74 Å². The van der Waals surface area contributed by atoms with E-state index in [0.29, 0.717) is 17.7 Å². The number of ether oxygens (including phenoxy) is 1. The van der Waals surface area contributed by atoms with Crippen molar-refractivity contribution in [1.82, 2.24) is 0 Å². The molecule has 2 nitrogen and oxygen atoms in total. The average molecular weight is 198 g/mol. The van der Waals surface area contributed by atoms with Gasteiger partial charge >= 0.3 is 0 Å². The Hall–Kier alpha value is -1.25. The van der Waals surface area contributed by atoms with E-state index in [0.717, 1.165) is 6.42 Å². The largest absolute Gasteiger partial charge is 0.508 e. The van der Waals surface area contributed by atoms with Crippen molar-refractivity contribution < 1.29 is 14.2 Å². The van der Waals surface area contributed by atoms with Crippen LogP contribution in [0.2, 0.25) is 0 Å². The summed E-state index contributed by atoms with van der Waals surface area (Å²) in [6, 6.07) is 4.60. The number of rotatable bonds is 4. The predicted octanol–water partition coefficient (Wildman–Crippen LogP) is 3.21. The molecule has 1 atom stereocenters. The summed E-state index contributed by atoms with van der Waals surface area (Å²) in [6.45, 7) is 1.91. The summed E-state index contributed by atoms with van der Waals surface area (Å²) >= 11 is 0. The monoisotopic (exact) mass is 198 g/mol. The zero-order valence-electron chi connectivity index (χ0n) is 8.46. The van der Waals surface area contributed by atoms with E-state index in [2.05, 4.69) is 0 Å². The molecule has 1 rings (SSSR count). The summed E-state index contributed by atoms with van der Waals surface area (Å²) < 4.78 is 18.5. The van der Waals surface area contributed by atoms with E-state index in [1.165, 1.54) is 19.2 Å². The van der Waals surface area contributed by atoms with Crippen molar-refractivity contribution >= 4 is 0 Å². The van der Waals surface area contributed by atoms with E-state index < -0.39 is 6.17 Å². The molecule has 0 aromatic heterocycles. The van der Waals surface area contributed by atoms with Gasteiger partial charge in [0.1, 0.15) is 17.7 Å². The van der Waals surface area contributed by atoms with Gasteiger partial charge in [-0.1, -0.05) is 13.3 Å². The maximum absolute atomic E-state index is 13.5. The lowest BCUT2D eigenvalue weighted by atomic mass is 10.1. The van der Waals surface area contributed by atoms with E-state index in [1.807, 2.05) is 6.92 Å². The third-order valence-electron chi connectivity index (χ3n) is 2.11. The Kier molecular flexibility index (Phi) is 3.74. The Balaban J connectivity index is 2.93. The molecule has 3 heteroatoms. The Morgan fingerprint density at radius 1 is 1.50 bits per heavy atom. The fourth-order valence-corrected chi connectivity index (χ4v) is 1.32. The summed E-state index contributed by atoms with van der Waals surface area (Å²) in [6.07, 6.45) is 0.0496. The van der Waals surface area contributed by atoms with Gasteiger partial charge in [0.25, 0.3) is 0 Å². The number of aromatic hydroxyl groups is 1. The maximum atomic E-state index is 13.5. The van der Waals surface area contributed by atoms with Gasteiger partial charge in [0, 0.05) is 5.56 Å². The summed E-state index contributed by atoms with van der Waals surface area (Å²) in [7, 11) is 1.52. The van der Waals surface area contributed by atoms with Gasteiger partial charge in [0.15, 0.2) is 0 Å². The fraction of sp³-hybridized carbons (Fsp3) is 0.455. The first-order valence-corrected chi connectivity index (χ1v) is 4.70. The van der Waals surface area contributed by atoms with Crippen LogP contribution in [0, 0.1) is 0 Å². The molecular formula is C11H15FO2. The number of hydrogen-bond acceptors (Lipinski definition) is 2. The average Bonchev–Trinajstić information content (AvgIpc) is 2.19. The minimum Gasteiger partial charge on any atom is -0.508 e. The van der Waals surface area contributed by atoms with Crippen LogP contribution in [0.4, 0.5) is 4.39 Å². The topological polar surface area (TPSA) is 29.5 Å². The van der Waals surface area contributed by atoms with E-state index in [1.54, 1.807) is 6.07 Å². The summed E-state index contributed by atoms with van der Waals surface area (Å²) in [4.78, 5) is 0. The molecule has 0 saturated carbocycles. The molecule has 1 unspecified atom stereocenters. The van der Waals surface area contributed by atoms with Crippen LogP contribution in [0.25, 0.3) is 0 Å². The zero-order valence-corrected chi connectivity index (χ0v) is 8.46. The van der Waals surface area contributed by atoms with Crippen LogP contribution in [0.3, 0.4) is 0 Å². The first kappa shape index (κ1) is 10.8. The van der Waals surface area contributed by atoms with Crippen LogP contribution in [-0.4, -0.2) is 12.2 Å². The minimum atomic E-state index is -1.12. The van der Waals surface area contributed by atoms with Crippen LogP contribution in [0.5, 0.6) is 11.5 Å². The molecule has 0 saturated heterocycles. The second-order valence-corrected chi connectivity index (χ2v) is 3.18. The third kappa shape index (κ3) is 2.37. The summed E-state index contributed by atoms with van der Waals surface area (Å²) in [5, 5.41) is 9.43. The highest BCUT2D eigenvalue weighted by Crippen LogP contribution is 2.32. The molecule has 0 spiro atoms. The molecule has 0 aliphatic rings. The Labute approximate surface area is 83.3 Å². The van der Waals surface area contributed by atoms with E-state index in [-0.39, 0.29) is 5.75 Å². The maximum Gasteiger partial charge on any atom is 0.129 e. The van der Waals surface area contributed by atoms with Crippen molar-refractivity contribution in [3.63, 3.8) is 0 Å². The minimum absolute atomic E-state index is 0.00764. The van der Waals surface area contributed by atoms with Crippen LogP contribution >= 0.6 is 0 Å². The SMILES string of the molecule is CCCC(F)c1cc(OC)ccc1O. The van der Waals surface area contributed by atoms with Crippen LogP contribution in [0.1, 0.15) is 31.5 Å². The molecule has 1 N–H and O–H groups in total. The van der Waals surface area contributed by atoms with Gasteiger partial charge in [-0.05, 0) is 24.6 Å². The summed E-state index contributed by atoms with van der Waals surface area (Å²) in [5.41, 5.74) is 0.311. The lowest BCUT2D eigenvalue weighted by molar-refractivity contribution is 0.307.